The minimum atomic E-state index is -0.349. The van der Waals surface area contributed by atoms with E-state index in [1.54, 1.807) is 6.07 Å². The topological polar surface area (TPSA) is 42.7 Å². The summed E-state index contributed by atoms with van der Waals surface area (Å²) in [6.07, 6.45) is 1.00. The standard InChI is InChI=1S/C26H23NO3/c1-3-18-8-7-11-21(12-18)27-15-20-13-23-22(19-9-5-4-6-10-19)14-24(28)30-26(23)17(2)25(20)29-16-27/h4-14H,3,15-16H2,1-2H3. The van der Waals surface area contributed by atoms with Crippen LogP contribution in [-0.4, -0.2) is 6.73 Å². The molecule has 0 atom stereocenters. The van der Waals surface area contributed by atoms with Gasteiger partial charge in [-0.15, -0.1) is 0 Å². The Morgan fingerprint density at radius 1 is 1.00 bits per heavy atom. The van der Waals surface area contributed by atoms with Gasteiger partial charge >= 0.3 is 5.63 Å². The van der Waals surface area contributed by atoms with Gasteiger partial charge in [0.05, 0.1) is 0 Å². The summed E-state index contributed by atoms with van der Waals surface area (Å²) in [5.74, 6) is 0.818. The number of fused-ring (bicyclic) bond motifs is 2. The van der Waals surface area contributed by atoms with E-state index in [1.807, 2.05) is 37.3 Å². The minimum Gasteiger partial charge on any atom is -0.472 e. The molecule has 3 aromatic carbocycles. The molecule has 2 heterocycles. The van der Waals surface area contributed by atoms with E-state index in [0.29, 0.717) is 12.3 Å². The first-order chi connectivity index (χ1) is 14.6. The summed E-state index contributed by atoms with van der Waals surface area (Å²) in [4.78, 5) is 14.5. The summed E-state index contributed by atoms with van der Waals surface area (Å²) in [7, 11) is 0. The maximum Gasteiger partial charge on any atom is 0.336 e. The van der Waals surface area contributed by atoms with Crippen molar-refractivity contribution in [2.75, 3.05) is 11.6 Å². The van der Waals surface area contributed by atoms with Crippen LogP contribution < -0.4 is 15.3 Å². The molecule has 1 aliphatic rings. The van der Waals surface area contributed by atoms with Crippen LogP contribution in [0, 0.1) is 6.92 Å². The molecule has 4 nitrogen and oxygen atoms in total. The van der Waals surface area contributed by atoms with Gasteiger partial charge in [-0.1, -0.05) is 49.4 Å². The van der Waals surface area contributed by atoms with E-state index >= 15 is 0 Å². The third-order valence-electron chi connectivity index (χ3n) is 5.79. The molecule has 0 unspecified atom stereocenters. The van der Waals surface area contributed by atoms with Crippen molar-refractivity contribution < 1.29 is 9.15 Å². The van der Waals surface area contributed by atoms with Gasteiger partial charge in [0, 0.05) is 34.8 Å². The normalized spacial score (nSPS) is 13.2. The lowest BCUT2D eigenvalue weighted by molar-refractivity contribution is 0.287. The van der Waals surface area contributed by atoms with Crippen LogP contribution in [0.3, 0.4) is 0 Å². The molecular weight excluding hydrogens is 374 g/mol. The Bertz CT molecular complexity index is 1290. The van der Waals surface area contributed by atoms with E-state index in [4.69, 9.17) is 9.15 Å². The van der Waals surface area contributed by atoms with E-state index in [2.05, 4.69) is 42.2 Å². The van der Waals surface area contributed by atoms with Gasteiger partial charge in [0.2, 0.25) is 0 Å². The average molecular weight is 397 g/mol. The van der Waals surface area contributed by atoms with Crippen LogP contribution in [0.2, 0.25) is 0 Å². The van der Waals surface area contributed by atoms with E-state index < -0.39 is 0 Å². The molecule has 4 heteroatoms. The number of hydrogen-bond donors (Lipinski definition) is 0. The van der Waals surface area contributed by atoms with Gasteiger partial charge in [0.25, 0.3) is 0 Å². The van der Waals surface area contributed by atoms with Gasteiger partial charge in [-0.05, 0) is 48.2 Å². The molecule has 1 aliphatic heterocycles. The third kappa shape index (κ3) is 3.14. The fraction of sp³-hybridized carbons (Fsp3) is 0.192. The van der Waals surface area contributed by atoms with Gasteiger partial charge in [-0.25, -0.2) is 4.79 Å². The summed E-state index contributed by atoms with van der Waals surface area (Å²) >= 11 is 0. The van der Waals surface area contributed by atoms with Gasteiger partial charge in [0.15, 0.2) is 6.73 Å². The Labute approximate surface area is 175 Å². The predicted octanol–water partition coefficient (Wildman–Crippen LogP) is 5.69. The lowest BCUT2D eigenvalue weighted by atomic mass is 9.97. The first kappa shape index (κ1) is 18.5. The van der Waals surface area contributed by atoms with Crippen LogP contribution in [0.15, 0.2) is 75.9 Å². The van der Waals surface area contributed by atoms with Crippen molar-refractivity contribution in [1.29, 1.82) is 0 Å². The van der Waals surface area contributed by atoms with Crippen molar-refractivity contribution in [2.45, 2.75) is 26.8 Å². The Balaban J connectivity index is 1.65. The van der Waals surface area contributed by atoms with Crippen LogP contribution in [0.1, 0.15) is 23.6 Å². The van der Waals surface area contributed by atoms with Crippen molar-refractivity contribution >= 4 is 16.7 Å². The van der Waals surface area contributed by atoms with Crippen molar-refractivity contribution in [2.24, 2.45) is 0 Å². The lowest BCUT2D eigenvalue weighted by Gasteiger charge is -2.32. The van der Waals surface area contributed by atoms with Crippen molar-refractivity contribution in [1.82, 2.24) is 0 Å². The smallest absolute Gasteiger partial charge is 0.336 e. The van der Waals surface area contributed by atoms with Crippen molar-refractivity contribution in [3.05, 3.63) is 93.8 Å². The molecule has 0 aliphatic carbocycles. The van der Waals surface area contributed by atoms with Crippen LogP contribution in [0.25, 0.3) is 22.1 Å². The fourth-order valence-corrected chi connectivity index (χ4v) is 4.22. The second-order valence-corrected chi connectivity index (χ2v) is 7.71. The number of rotatable bonds is 3. The first-order valence-electron chi connectivity index (χ1n) is 10.3. The van der Waals surface area contributed by atoms with Crippen LogP contribution in [-0.2, 0) is 13.0 Å². The Morgan fingerprint density at radius 2 is 1.83 bits per heavy atom. The second kappa shape index (κ2) is 7.38. The first-order valence-corrected chi connectivity index (χ1v) is 10.3. The molecule has 0 bridgehead atoms. The summed E-state index contributed by atoms with van der Waals surface area (Å²) in [5, 5.41) is 0.935. The number of anilines is 1. The molecule has 0 radical (unpaired) electrons. The molecular formula is C26H23NO3. The summed E-state index contributed by atoms with van der Waals surface area (Å²) in [5.41, 5.74) is 6.57. The molecule has 1 aromatic heterocycles. The van der Waals surface area contributed by atoms with Gasteiger partial charge in [-0.2, -0.15) is 0 Å². The zero-order chi connectivity index (χ0) is 20.7. The maximum atomic E-state index is 12.3. The quantitative estimate of drug-likeness (QED) is 0.417. The highest BCUT2D eigenvalue weighted by Crippen LogP contribution is 2.39. The molecule has 0 spiro atoms. The molecule has 0 saturated heterocycles. The maximum absolute atomic E-state index is 12.3. The van der Waals surface area contributed by atoms with E-state index in [-0.39, 0.29) is 5.63 Å². The van der Waals surface area contributed by atoms with Gasteiger partial charge < -0.3 is 14.1 Å². The zero-order valence-corrected chi connectivity index (χ0v) is 17.1. The van der Waals surface area contributed by atoms with Crippen LogP contribution in [0.4, 0.5) is 5.69 Å². The average Bonchev–Trinajstić information content (AvgIpc) is 2.79. The highest BCUT2D eigenvalue weighted by atomic mass is 16.5. The molecule has 150 valence electrons. The van der Waals surface area contributed by atoms with Crippen LogP contribution >= 0.6 is 0 Å². The van der Waals surface area contributed by atoms with Crippen LogP contribution in [0.5, 0.6) is 5.75 Å². The molecule has 30 heavy (non-hydrogen) atoms. The summed E-state index contributed by atoms with van der Waals surface area (Å²) in [6, 6.07) is 22.2. The van der Waals surface area contributed by atoms with Gasteiger partial charge in [0.1, 0.15) is 11.3 Å². The Morgan fingerprint density at radius 3 is 2.63 bits per heavy atom. The Hall–Kier alpha value is -3.53. The SMILES string of the molecule is CCc1cccc(N2COc3c(cc4c(-c5ccccc5)cc(=O)oc4c3C)C2)c1. The number of ether oxygens (including phenoxy) is 1. The summed E-state index contributed by atoms with van der Waals surface area (Å²) < 4.78 is 11.8. The van der Waals surface area contributed by atoms with E-state index in [0.717, 1.165) is 52.0 Å². The molecule has 0 fully saturated rings. The van der Waals surface area contributed by atoms with Gasteiger partial charge in [-0.3, -0.25) is 0 Å². The number of aryl methyl sites for hydroxylation is 2. The molecule has 5 rings (SSSR count). The Kier molecular flexibility index (Phi) is 4.55. The number of hydrogen-bond acceptors (Lipinski definition) is 4. The monoisotopic (exact) mass is 397 g/mol. The van der Waals surface area contributed by atoms with E-state index in [9.17, 15) is 4.79 Å². The highest BCUT2D eigenvalue weighted by molar-refractivity contribution is 5.96. The molecule has 0 saturated carbocycles. The second-order valence-electron chi connectivity index (χ2n) is 7.71. The van der Waals surface area contributed by atoms with E-state index in [1.165, 1.54) is 5.56 Å². The molecule has 0 amide bonds. The van der Waals surface area contributed by atoms with Crippen molar-refractivity contribution in [3.63, 3.8) is 0 Å². The van der Waals surface area contributed by atoms with Crippen molar-refractivity contribution in [3.8, 4) is 16.9 Å². The fourth-order valence-electron chi connectivity index (χ4n) is 4.22. The minimum absolute atomic E-state index is 0.349. The number of benzene rings is 3. The summed E-state index contributed by atoms with van der Waals surface area (Å²) in [6.45, 7) is 5.34. The highest BCUT2D eigenvalue weighted by Gasteiger charge is 2.23. The molecule has 0 N–H and O–H groups in total. The largest absolute Gasteiger partial charge is 0.472 e. The lowest BCUT2D eigenvalue weighted by Crippen LogP contribution is -2.32. The zero-order valence-electron chi connectivity index (χ0n) is 17.1. The predicted molar refractivity (Wildman–Crippen MR) is 120 cm³/mol. The third-order valence-corrected chi connectivity index (χ3v) is 5.79. The molecule has 4 aromatic rings. The number of nitrogens with zero attached hydrogens (tertiary/aromatic N) is 1.